The lowest BCUT2D eigenvalue weighted by atomic mass is 9.63. The number of hydrogen-bond acceptors (Lipinski definition) is 7. The van der Waals surface area contributed by atoms with E-state index in [4.69, 9.17) is 14.2 Å². The van der Waals surface area contributed by atoms with Gasteiger partial charge in [0.2, 0.25) is 5.88 Å². The number of nitrogens with zero attached hydrogens (tertiary/aromatic N) is 3. The summed E-state index contributed by atoms with van der Waals surface area (Å²) in [4.78, 5) is 11.3. The summed E-state index contributed by atoms with van der Waals surface area (Å²) >= 11 is 0. The van der Waals surface area contributed by atoms with Crippen molar-refractivity contribution in [2.45, 2.75) is 45.3 Å². The van der Waals surface area contributed by atoms with Crippen LogP contribution in [0.2, 0.25) is 0 Å². The van der Waals surface area contributed by atoms with Gasteiger partial charge in [0.1, 0.15) is 11.4 Å². The van der Waals surface area contributed by atoms with Crippen molar-refractivity contribution >= 4 is 0 Å². The number of hydrogen-bond donors (Lipinski definition) is 1. The molecule has 2 heterocycles. The van der Waals surface area contributed by atoms with Crippen molar-refractivity contribution in [3.8, 4) is 17.6 Å². The third-order valence-corrected chi connectivity index (χ3v) is 6.57. The van der Waals surface area contributed by atoms with Crippen molar-refractivity contribution in [2.24, 2.45) is 11.8 Å². The Morgan fingerprint density at radius 3 is 2.55 bits per heavy atom. The number of aromatic nitrogens is 2. The molecule has 31 heavy (non-hydrogen) atoms. The van der Waals surface area contributed by atoms with E-state index in [1.165, 1.54) is 5.56 Å². The second-order valence-corrected chi connectivity index (χ2v) is 8.43. The topological polar surface area (TPSA) is 76.9 Å². The van der Waals surface area contributed by atoms with Gasteiger partial charge in [0.05, 0.1) is 25.9 Å². The summed E-state index contributed by atoms with van der Waals surface area (Å²) in [5.74, 6) is 1.53. The van der Waals surface area contributed by atoms with Crippen molar-refractivity contribution in [2.75, 3.05) is 33.4 Å². The second-order valence-electron chi connectivity index (χ2n) is 8.43. The minimum atomic E-state index is -0.988. The number of methoxy groups -OCH3 is 1. The Labute approximate surface area is 184 Å². The van der Waals surface area contributed by atoms with Gasteiger partial charge in [-0.25, -0.2) is 4.98 Å². The Morgan fingerprint density at radius 1 is 1.13 bits per heavy atom. The number of rotatable bonds is 8. The summed E-state index contributed by atoms with van der Waals surface area (Å²) in [6.45, 7) is 7.27. The first-order valence-electron chi connectivity index (χ1n) is 11.3. The van der Waals surface area contributed by atoms with Gasteiger partial charge in [0.15, 0.2) is 0 Å². The maximum absolute atomic E-state index is 12.1. The molecule has 1 aromatic heterocycles. The third-order valence-electron chi connectivity index (χ3n) is 6.57. The van der Waals surface area contributed by atoms with Gasteiger partial charge in [-0.05, 0) is 44.4 Å². The summed E-state index contributed by atoms with van der Waals surface area (Å²) in [7, 11) is 1.69. The lowest BCUT2D eigenvalue weighted by molar-refractivity contribution is -0.150. The maximum Gasteiger partial charge on any atom is 0.319 e. The van der Waals surface area contributed by atoms with E-state index in [2.05, 4.69) is 27.0 Å². The van der Waals surface area contributed by atoms with Gasteiger partial charge < -0.3 is 19.3 Å². The molecule has 0 radical (unpaired) electrons. The predicted molar refractivity (Wildman–Crippen MR) is 117 cm³/mol. The summed E-state index contributed by atoms with van der Waals surface area (Å²) in [5, 5.41) is 12.1. The number of fused-ring (bicyclic) bond motifs is 2. The van der Waals surface area contributed by atoms with Crippen LogP contribution in [-0.4, -0.2) is 53.4 Å². The molecule has 4 rings (SSSR count). The fraction of sp³-hybridized carbons (Fsp3) is 0.583. The van der Waals surface area contributed by atoms with Crippen LogP contribution < -0.4 is 14.2 Å². The van der Waals surface area contributed by atoms with E-state index in [-0.39, 0.29) is 11.8 Å². The molecule has 1 aliphatic heterocycles. The maximum atomic E-state index is 12.1. The molecule has 2 aliphatic rings. The molecule has 1 saturated heterocycles. The first kappa shape index (κ1) is 21.8. The first-order chi connectivity index (χ1) is 15.1. The van der Waals surface area contributed by atoms with Crippen LogP contribution in [0.5, 0.6) is 17.6 Å². The molecule has 0 amide bonds. The Bertz CT molecular complexity index is 877. The van der Waals surface area contributed by atoms with E-state index < -0.39 is 5.60 Å². The van der Waals surface area contributed by atoms with Gasteiger partial charge >= 0.3 is 6.01 Å². The number of benzene rings is 1. The zero-order valence-electron chi connectivity index (χ0n) is 18.7. The molecule has 1 aromatic carbocycles. The molecule has 1 N–H and O–H groups in total. The van der Waals surface area contributed by atoms with Gasteiger partial charge in [0.25, 0.3) is 0 Å². The smallest absolute Gasteiger partial charge is 0.319 e. The van der Waals surface area contributed by atoms with E-state index in [0.717, 1.165) is 44.6 Å². The zero-order chi connectivity index (χ0) is 21.8. The summed E-state index contributed by atoms with van der Waals surface area (Å²) < 4.78 is 16.7. The standard InChI is InChI=1S/C24H33N3O4/c1-4-30-22-21(13-25-23(26-22)31-5-2)24(28)18-9-7-10-19(24)16-27(15-18)14-17-8-6-11-20(12-17)29-3/h6,8,11-13,18-19,28H,4-5,7,9-10,14-16H2,1-3H3/t18-,19+,24?. The highest BCUT2D eigenvalue weighted by atomic mass is 16.5. The van der Waals surface area contributed by atoms with E-state index in [0.29, 0.717) is 30.7 Å². The molecule has 0 spiro atoms. The number of piperidine rings is 1. The average molecular weight is 428 g/mol. The van der Waals surface area contributed by atoms with E-state index in [1.54, 1.807) is 13.3 Å². The molecule has 168 valence electrons. The summed E-state index contributed by atoms with van der Waals surface area (Å²) in [6, 6.07) is 8.50. The Morgan fingerprint density at radius 2 is 1.87 bits per heavy atom. The minimum absolute atomic E-state index is 0.103. The van der Waals surface area contributed by atoms with E-state index >= 15 is 0 Å². The van der Waals surface area contributed by atoms with Crippen LogP contribution in [0, 0.1) is 11.8 Å². The summed E-state index contributed by atoms with van der Waals surface area (Å²) in [6.07, 6.45) is 4.79. The van der Waals surface area contributed by atoms with Gasteiger partial charge in [-0.1, -0.05) is 18.6 Å². The lowest BCUT2D eigenvalue weighted by Gasteiger charge is -2.53. The van der Waals surface area contributed by atoms with Crippen LogP contribution in [0.1, 0.15) is 44.2 Å². The highest BCUT2D eigenvalue weighted by Gasteiger charge is 2.53. The Balaban J connectivity index is 1.60. The molecule has 1 aliphatic carbocycles. The average Bonchev–Trinajstić information content (AvgIpc) is 2.75. The van der Waals surface area contributed by atoms with E-state index in [9.17, 15) is 5.11 Å². The van der Waals surface area contributed by atoms with Crippen LogP contribution in [0.15, 0.2) is 30.5 Å². The minimum Gasteiger partial charge on any atom is -0.497 e. The van der Waals surface area contributed by atoms with Crippen LogP contribution in [0.4, 0.5) is 0 Å². The van der Waals surface area contributed by atoms with Gasteiger partial charge in [-0.3, -0.25) is 4.90 Å². The molecular formula is C24H33N3O4. The fourth-order valence-corrected chi connectivity index (χ4v) is 5.21. The molecule has 7 heteroatoms. The Kier molecular flexibility index (Phi) is 6.62. The van der Waals surface area contributed by atoms with Crippen LogP contribution in [0.25, 0.3) is 0 Å². The number of ether oxygens (including phenoxy) is 3. The van der Waals surface area contributed by atoms with Crippen LogP contribution in [0.3, 0.4) is 0 Å². The van der Waals surface area contributed by atoms with Gasteiger partial charge in [0, 0.05) is 37.7 Å². The first-order valence-corrected chi connectivity index (χ1v) is 11.3. The number of aliphatic hydroxyl groups is 1. The molecule has 2 aromatic rings. The fourth-order valence-electron chi connectivity index (χ4n) is 5.21. The second kappa shape index (κ2) is 9.40. The molecule has 1 saturated carbocycles. The highest BCUT2D eigenvalue weighted by molar-refractivity contribution is 5.35. The zero-order valence-corrected chi connectivity index (χ0v) is 18.7. The molecular weight excluding hydrogens is 394 g/mol. The van der Waals surface area contributed by atoms with Crippen molar-refractivity contribution in [3.63, 3.8) is 0 Å². The van der Waals surface area contributed by atoms with Crippen molar-refractivity contribution in [1.82, 2.24) is 14.9 Å². The normalized spacial score (nSPS) is 25.8. The molecule has 2 bridgehead atoms. The van der Waals surface area contributed by atoms with Crippen LogP contribution >= 0.6 is 0 Å². The third kappa shape index (κ3) is 4.34. The van der Waals surface area contributed by atoms with E-state index in [1.807, 2.05) is 26.0 Å². The lowest BCUT2D eigenvalue weighted by Crippen LogP contribution is -2.58. The monoisotopic (exact) mass is 427 g/mol. The largest absolute Gasteiger partial charge is 0.497 e. The molecule has 3 atom stereocenters. The van der Waals surface area contributed by atoms with Gasteiger partial charge in [-0.2, -0.15) is 4.98 Å². The molecule has 7 nitrogen and oxygen atoms in total. The van der Waals surface area contributed by atoms with Crippen molar-refractivity contribution < 1.29 is 19.3 Å². The summed E-state index contributed by atoms with van der Waals surface area (Å²) in [5.41, 5.74) is 0.939. The van der Waals surface area contributed by atoms with Crippen molar-refractivity contribution in [1.29, 1.82) is 0 Å². The van der Waals surface area contributed by atoms with Crippen molar-refractivity contribution in [3.05, 3.63) is 41.6 Å². The molecule has 2 fully saturated rings. The highest BCUT2D eigenvalue weighted by Crippen LogP contribution is 2.51. The predicted octanol–water partition coefficient (Wildman–Crippen LogP) is 3.40. The van der Waals surface area contributed by atoms with Gasteiger partial charge in [-0.15, -0.1) is 0 Å². The number of likely N-dealkylation sites (tertiary alicyclic amines) is 1. The molecule has 1 unspecified atom stereocenters. The SMILES string of the molecule is CCOc1ncc(C2(O)[C@@H]3CCC[C@H]2CN(Cc2cccc(OC)c2)C3)c(OCC)n1. The quantitative estimate of drug-likeness (QED) is 0.692. The Hall–Kier alpha value is -2.38. The van der Waals surface area contributed by atoms with Crippen LogP contribution in [-0.2, 0) is 12.1 Å².